The lowest BCUT2D eigenvalue weighted by Gasteiger charge is -2.23. The maximum atomic E-state index is 14.1. The van der Waals surface area contributed by atoms with Gasteiger partial charge in [0.1, 0.15) is 5.82 Å². The van der Waals surface area contributed by atoms with Gasteiger partial charge in [-0.15, -0.1) is 6.58 Å². The third-order valence-corrected chi connectivity index (χ3v) is 3.01. The second kappa shape index (κ2) is 5.69. The standard InChI is InChI=1S/C15H16FNO2/c1-2-9-17(12-5-6-12)14-7-3-11(10-13(14)16)4-8-15(18)19/h2-4,7-8,10,12H,1,5-6,9H2,(H,18,19)/b8-4+. The van der Waals surface area contributed by atoms with Crippen molar-refractivity contribution in [3.8, 4) is 0 Å². The molecule has 0 amide bonds. The fraction of sp³-hybridized carbons (Fsp3) is 0.267. The first-order valence-corrected chi connectivity index (χ1v) is 6.20. The average Bonchev–Trinajstić information content (AvgIpc) is 3.18. The molecule has 19 heavy (non-hydrogen) atoms. The first-order valence-electron chi connectivity index (χ1n) is 6.20. The summed E-state index contributed by atoms with van der Waals surface area (Å²) in [6.45, 7) is 4.31. The number of carbonyl (C=O) groups is 1. The molecule has 1 saturated carbocycles. The van der Waals surface area contributed by atoms with Crippen LogP contribution in [0.25, 0.3) is 6.08 Å². The Hall–Kier alpha value is -2.10. The number of halogens is 1. The smallest absolute Gasteiger partial charge is 0.328 e. The van der Waals surface area contributed by atoms with Crippen LogP contribution < -0.4 is 4.90 Å². The lowest BCUT2D eigenvalue weighted by Crippen LogP contribution is -2.26. The van der Waals surface area contributed by atoms with Crippen molar-refractivity contribution in [3.63, 3.8) is 0 Å². The predicted octanol–water partition coefficient (Wildman–Crippen LogP) is 3.08. The van der Waals surface area contributed by atoms with Crippen LogP contribution in [-0.4, -0.2) is 23.7 Å². The van der Waals surface area contributed by atoms with Gasteiger partial charge in [-0.3, -0.25) is 0 Å². The zero-order valence-corrected chi connectivity index (χ0v) is 10.6. The second-order valence-corrected chi connectivity index (χ2v) is 4.55. The van der Waals surface area contributed by atoms with Crippen LogP contribution in [0.1, 0.15) is 18.4 Å². The number of anilines is 1. The molecule has 2 rings (SSSR count). The highest BCUT2D eigenvalue weighted by molar-refractivity contribution is 5.85. The van der Waals surface area contributed by atoms with Crippen molar-refractivity contribution >= 4 is 17.7 Å². The van der Waals surface area contributed by atoms with Crippen LogP contribution in [0.2, 0.25) is 0 Å². The minimum absolute atomic E-state index is 0.332. The number of nitrogens with zero attached hydrogens (tertiary/aromatic N) is 1. The van der Waals surface area contributed by atoms with Crippen molar-refractivity contribution in [2.24, 2.45) is 0 Å². The molecule has 1 fully saturated rings. The van der Waals surface area contributed by atoms with E-state index < -0.39 is 5.97 Å². The summed E-state index contributed by atoms with van der Waals surface area (Å²) in [4.78, 5) is 12.4. The summed E-state index contributed by atoms with van der Waals surface area (Å²) in [6, 6.07) is 5.16. The number of aliphatic carboxylic acids is 1. The van der Waals surface area contributed by atoms with E-state index >= 15 is 0 Å². The van der Waals surface area contributed by atoms with Gasteiger partial charge in [0.2, 0.25) is 0 Å². The van der Waals surface area contributed by atoms with E-state index in [1.165, 1.54) is 12.1 Å². The van der Waals surface area contributed by atoms with E-state index in [-0.39, 0.29) is 5.82 Å². The monoisotopic (exact) mass is 261 g/mol. The summed E-state index contributed by atoms with van der Waals surface area (Å²) in [6.07, 6.45) is 6.29. The zero-order chi connectivity index (χ0) is 13.8. The first kappa shape index (κ1) is 13.3. The van der Waals surface area contributed by atoms with Crippen LogP contribution in [0.15, 0.2) is 36.9 Å². The van der Waals surface area contributed by atoms with E-state index in [2.05, 4.69) is 6.58 Å². The molecular formula is C15H16FNO2. The quantitative estimate of drug-likeness (QED) is 0.632. The van der Waals surface area contributed by atoms with E-state index in [9.17, 15) is 9.18 Å². The third kappa shape index (κ3) is 3.44. The Morgan fingerprint density at radius 3 is 2.79 bits per heavy atom. The van der Waals surface area contributed by atoms with Crippen LogP contribution >= 0.6 is 0 Å². The van der Waals surface area contributed by atoms with Crippen LogP contribution in [-0.2, 0) is 4.79 Å². The van der Waals surface area contributed by atoms with Gasteiger partial charge in [0.05, 0.1) is 5.69 Å². The number of hydrogen-bond donors (Lipinski definition) is 1. The second-order valence-electron chi connectivity index (χ2n) is 4.55. The van der Waals surface area contributed by atoms with Crippen molar-refractivity contribution < 1.29 is 14.3 Å². The SMILES string of the molecule is C=CCN(c1ccc(/C=C/C(=O)O)cc1F)C1CC1. The summed E-state index contributed by atoms with van der Waals surface area (Å²) in [7, 11) is 0. The normalized spacial score (nSPS) is 14.6. The number of carboxylic acids is 1. The maximum absolute atomic E-state index is 14.1. The third-order valence-electron chi connectivity index (χ3n) is 3.01. The molecule has 4 heteroatoms. The summed E-state index contributed by atoms with van der Waals surface area (Å²) >= 11 is 0. The van der Waals surface area contributed by atoms with Crippen LogP contribution in [0.4, 0.5) is 10.1 Å². The number of carboxylic acid groups (broad SMARTS) is 1. The van der Waals surface area contributed by atoms with E-state index in [0.29, 0.717) is 23.8 Å². The minimum Gasteiger partial charge on any atom is -0.478 e. The number of rotatable bonds is 6. The largest absolute Gasteiger partial charge is 0.478 e. The minimum atomic E-state index is -1.05. The molecule has 0 spiro atoms. The van der Waals surface area contributed by atoms with Crippen molar-refractivity contribution in [2.75, 3.05) is 11.4 Å². The molecule has 0 atom stereocenters. The van der Waals surface area contributed by atoms with E-state index in [0.717, 1.165) is 18.9 Å². The fourth-order valence-electron chi connectivity index (χ4n) is 2.00. The van der Waals surface area contributed by atoms with Crippen molar-refractivity contribution in [2.45, 2.75) is 18.9 Å². The van der Waals surface area contributed by atoms with E-state index in [1.807, 2.05) is 4.90 Å². The maximum Gasteiger partial charge on any atom is 0.328 e. The van der Waals surface area contributed by atoms with Gasteiger partial charge in [0, 0.05) is 18.7 Å². The highest BCUT2D eigenvalue weighted by Crippen LogP contribution is 2.33. The highest BCUT2D eigenvalue weighted by atomic mass is 19.1. The highest BCUT2D eigenvalue weighted by Gasteiger charge is 2.29. The summed E-state index contributed by atoms with van der Waals surface area (Å²) < 4.78 is 14.1. The Bertz CT molecular complexity index is 521. The molecule has 1 N–H and O–H groups in total. The molecule has 1 aromatic carbocycles. The molecule has 1 aliphatic rings. The van der Waals surface area contributed by atoms with Gasteiger partial charge in [0.15, 0.2) is 0 Å². The number of benzene rings is 1. The van der Waals surface area contributed by atoms with Gasteiger partial charge in [-0.2, -0.15) is 0 Å². The van der Waals surface area contributed by atoms with Crippen LogP contribution in [0.3, 0.4) is 0 Å². The molecule has 1 aromatic rings. The molecule has 1 aliphatic carbocycles. The number of hydrogen-bond acceptors (Lipinski definition) is 2. The van der Waals surface area contributed by atoms with Crippen molar-refractivity contribution in [1.29, 1.82) is 0 Å². The molecule has 0 radical (unpaired) electrons. The van der Waals surface area contributed by atoms with Gasteiger partial charge in [-0.1, -0.05) is 12.1 Å². The molecule has 100 valence electrons. The van der Waals surface area contributed by atoms with Crippen LogP contribution in [0.5, 0.6) is 0 Å². The predicted molar refractivity (Wildman–Crippen MR) is 73.6 cm³/mol. The summed E-state index contributed by atoms with van der Waals surface area (Å²) in [5.41, 5.74) is 1.09. The summed E-state index contributed by atoms with van der Waals surface area (Å²) in [5.74, 6) is -1.38. The molecule has 0 aromatic heterocycles. The fourth-order valence-corrected chi connectivity index (χ4v) is 2.00. The zero-order valence-electron chi connectivity index (χ0n) is 10.6. The molecule has 0 bridgehead atoms. The van der Waals surface area contributed by atoms with Gasteiger partial charge < -0.3 is 10.0 Å². The van der Waals surface area contributed by atoms with E-state index in [4.69, 9.17) is 5.11 Å². The topological polar surface area (TPSA) is 40.5 Å². The molecule has 0 saturated heterocycles. The van der Waals surface area contributed by atoms with Gasteiger partial charge >= 0.3 is 5.97 Å². The molecule has 0 aliphatic heterocycles. The molecule has 0 unspecified atom stereocenters. The van der Waals surface area contributed by atoms with Gasteiger partial charge in [0.25, 0.3) is 0 Å². The first-order chi connectivity index (χ1) is 9.11. The summed E-state index contributed by atoms with van der Waals surface area (Å²) in [5, 5.41) is 8.54. The lowest BCUT2D eigenvalue weighted by atomic mass is 10.1. The van der Waals surface area contributed by atoms with Crippen molar-refractivity contribution in [3.05, 3.63) is 48.3 Å². The van der Waals surface area contributed by atoms with Crippen LogP contribution in [0, 0.1) is 5.82 Å². The van der Waals surface area contributed by atoms with Gasteiger partial charge in [-0.05, 0) is 36.6 Å². The van der Waals surface area contributed by atoms with Crippen molar-refractivity contribution in [1.82, 2.24) is 0 Å². The van der Waals surface area contributed by atoms with E-state index in [1.54, 1.807) is 18.2 Å². The molecular weight excluding hydrogens is 245 g/mol. The Balaban J connectivity index is 2.22. The Morgan fingerprint density at radius 2 is 2.26 bits per heavy atom. The van der Waals surface area contributed by atoms with Gasteiger partial charge in [-0.25, -0.2) is 9.18 Å². The molecule has 0 heterocycles. The Labute approximate surface area is 111 Å². The molecule has 3 nitrogen and oxygen atoms in total. The average molecular weight is 261 g/mol. The Morgan fingerprint density at radius 1 is 1.53 bits per heavy atom. The lowest BCUT2D eigenvalue weighted by molar-refractivity contribution is -0.131. The Kier molecular flexibility index (Phi) is 4.00.